The molecule has 1 fully saturated rings. The average molecular weight is 499 g/mol. The summed E-state index contributed by atoms with van der Waals surface area (Å²) in [4.78, 5) is 37.0. The molecule has 192 valence electrons. The van der Waals surface area contributed by atoms with E-state index in [9.17, 15) is 14.4 Å². The minimum atomic E-state index is -0.196. The van der Waals surface area contributed by atoms with Crippen LogP contribution in [-0.4, -0.2) is 30.3 Å². The first kappa shape index (κ1) is 25.9. The molecule has 0 saturated heterocycles. The van der Waals surface area contributed by atoms with Crippen LogP contribution in [0.4, 0.5) is 17.1 Å². The number of anilines is 3. The monoisotopic (exact) mass is 498 g/mol. The minimum Gasteiger partial charge on any atom is -0.376 e. The van der Waals surface area contributed by atoms with E-state index in [1.54, 1.807) is 48.5 Å². The summed E-state index contributed by atoms with van der Waals surface area (Å²) in [7, 11) is 0. The molecule has 7 nitrogen and oxygen atoms in total. The summed E-state index contributed by atoms with van der Waals surface area (Å²) in [5.74, 6) is -0.298. The lowest BCUT2D eigenvalue weighted by Gasteiger charge is -2.22. The van der Waals surface area contributed by atoms with Crippen LogP contribution in [0.2, 0.25) is 0 Å². The first-order valence-corrected chi connectivity index (χ1v) is 12.9. The molecule has 7 heteroatoms. The molecule has 4 N–H and O–H groups in total. The predicted molar refractivity (Wildman–Crippen MR) is 148 cm³/mol. The van der Waals surface area contributed by atoms with Crippen molar-refractivity contribution in [3.8, 4) is 0 Å². The van der Waals surface area contributed by atoms with Gasteiger partial charge in [-0.3, -0.25) is 14.4 Å². The predicted octanol–water partition coefficient (Wildman–Crippen LogP) is 5.37. The Morgan fingerprint density at radius 1 is 0.676 bits per heavy atom. The summed E-state index contributed by atoms with van der Waals surface area (Å²) in [5.41, 5.74) is 3.83. The summed E-state index contributed by atoms with van der Waals surface area (Å²) in [5, 5.41) is 11.9. The number of amides is 3. The number of carbonyl (C=O) groups excluding carboxylic acids is 3. The van der Waals surface area contributed by atoms with Crippen LogP contribution in [0.25, 0.3) is 0 Å². The number of hydrogen-bond donors (Lipinski definition) is 4. The van der Waals surface area contributed by atoms with Gasteiger partial charge in [0.1, 0.15) is 0 Å². The molecule has 1 aliphatic carbocycles. The van der Waals surface area contributed by atoms with Gasteiger partial charge >= 0.3 is 0 Å². The maximum atomic E-state index is 12.4. The first-order valence-electron chi connectivity index (χ1n) is 12.9. The van der Waals surface area contributed by atoms with Crippen molar-refractivity contribution in [2.75, 3.05) is 22.5 Å². The molecule has 0 bridgehead atoms. The number of benzene rings is 3. The average Bonchev–Trinajstić information content (AvgIpc) is 2.93. The Balaban J connectivity index is 1.17. The van der Waals surface area contributed by atoms with Crippen LogP contribution in [-0.2, 0) is 16.0 Å². The van der Waals surface area contributed by atoms with Crippen molar-refractivity contribution in [1.82, 2.24) is 5.32 Å². The van der Waals surface area contributed by atoms with Crippen LogP contribution in [0.15, 0.2) is 78.9 Å². The summed E-state index contributed by atoms with van der Waals surface area (Å²) in [6.07, 6.45) is 6.78. The van der Waals surface area contributed by atoms with Gasteiger partial charge in [0.15, 0.2) is 0 Å². The largest absolute Gasteiger partial charge is 0.376 e. The normalized spacial score (nSPS) is 13.4. The standard InChI is InChI=1S/C30H34N4O3/c35-28(20-11-22-7-3-1-4-8-22)32-26-16-18-27(19-17-26)33-29(36)21-31-24-14-12-23(13-15-24)30(37)34-25-9-5-2-6-10-25/h1,3-4,7-8,12-19,25,31H,2,5-6,9-11,20-21H2,(H,32,35)(H,33,36)(H,34,37). The van der Waals surface area contributed by atoms with Crippen molar-refractivity contribution in [1.29, 1.82) is 0 Å². The van der Waals surface area contributed by atoms with E-state index in [0.717, 1.165) is 24.1 Å². The highest BCUT2D eigenvalue weighted by Crippen LogP contribution is 2.18. The molecule has 0 heterocycles. The Labute approximate surface area is 218 Å². The van der Waals surface area contributed by atoms with Crippen molar-refractivity contribution >= 4 is 34.8 Å². The first-order chi connectivity index (χ1) is 18.0. The van der Waals surface area contributed by atoms with Crippen LogP contribution in [0.1, 0.15) is 54.4 Å². The zero-order valence-corrected chi connectivity index (χ0v) is 21.0. The molecular formula is C30H34N4O3. The van der Waals surface area contributed by atoms with Gasteiger partial charge in [-0.15, -0.1) is 0 Å². The van der Waals surface area contributed by atoms with E-state index in [1.165, 1.54) is 19.3 Å². The molecule has 0 unspecified atom stereocenters. The second-order valence-corrected chi connectivity index (χ2v) is 9.40. The van der Waals surface area contributed by atoms with Gasteiger partial charge in [-0.05, 0) is 73.4 Å². The van der Waals surface area contributed by atoms with Crippen molar-refractivity contribution in [2.45, 2.75) is 51.0 Å². The molecule has 0 aromatic heterocycles. The Morgan fingerprint density at radius 3 is 1.92 bits per heavy atom. The highest BCUT2D eigenvalue weighted by atomic mass is 16.2. The lowest BCUT2D eigenvalue weighted by atomic mass is 9.95. The summed E-state index contributed by atoms with van der Waals surface area (Å²) in [6, 6.07) is 24.3. The minimum absolute atomic E-state index is 0.0491. The highest BCUT2D eigenvalue weighted by Gasteiger charge is 2.16. The molecule has 1 saturated carbocycles. The number of aryl methyl sites for hydroxylation is 1. The van der Waals surface area contributed by atoms with Crippen molar-refractivity contribution < 1.29 is 14.4 Å². The fraction of sp³-hybridized carbons (Fsp3) is 0.300. The molecule has 4 rings (SSSR count). The van der Waals surface area contributed by atoms with E-state index in [1.807, 2.05) is 30.3 Å². The van der Waals surface area contributed by atoms with Gasteiger partial charge in [-0.2, -0.15) is 0 Å². The highest BCUT2D eigenvalue weighted by molar-refractivity contribution is 5.96. The van der Waals surface area contributed by atoms with E-state index in [-0.39, 0.29) is 30.3 Å². The van der Waals surface area contributed by atoms with Gasteiger partial charge < -0.3 is 21.3 Å². The number of rotatable bonds is 10. The van der Waals surface area contributed by atoms with Crippen LogP contribution >= 0.6 is 0 Å². The smallest absolute Gasteiger partial charge is 0.251 e. The van der Waals surface area contributed by atoms with E-state index in [2.05, 4.69) is 21.3 Å². The van der Waals surface area contributed by atoms with E-state index in [0.29, 0.717) is 29.8 Å². The van der Waals surface area contributed by atoms with Gasteiger partial charge in [-0.25, -0.2) is 0 Å². The van der Waals surface area contributed by atoms with E-state index < -0.39 is 0 Å². The van der Waals surface area contributed by atoms with Gasteiger partial charge in [0.25, 0.3) is 5.91 Å². The SMILES string of the molecule is O=C(CCc1ccccc1)Nc1ccc(NC(=O)CNc2ccc(C(=O)NC3CCCCC3)cc2)cc1. The summed E-state index contributed by atoms with van der Waals surface area (Å²) in [6.45, 7) is 0.0889. The Bertz CT molecular complexity index is 1170. The topological polar surface area (TPSA) is 99.3 Å². The molecule has 1 aliphatic rings. The van der Waals surface area contributed by atoms with Crippen molar-refractivity contribution in [3.63, 3.8) is 0 Å². The van der Waals surface area contributed by atoms with Crippen molar-refractivity contribution in [3.05, 3.63) is 90.0 Å². The molecule has 3 amide bonds. The second-order valence-electron chi connectivity index (χ2n) is 9.40. The Morgan fingerprint density at radius 2 is 1.27 bits per heavy atom. The molecular weight excluding hydrogens is 464 g/mol. The maximum Gasteiger partial charge on any atom is 0.251 e. The zero-order valence-electron chi connectivity index (χ0n) is 21.0. The Kier molecular flexibility index (Phi) is 9.29. The van der Waals surface area contributed by atoms with Crippen molar-refractivity contribution in [2.24, 2.45) is 0 Å². The summed E-state index contributed by atoms with van der Waals surface area (Å²) >= 11 is 0. The summed E-state index contributed by atoms with van der Waals surface area (Å²) < 4.78 is 0. The van der Waals surface area contributed by atoms with Crippen LogP contribution in [0.5, 0.6) is 0 Å². The molecule has 0 spiro atoms. The number of carbonyl (C=O) groups is 3. The molecule has 3 aromatic rings. The fourth-order valence-electron chi connectivity index (χ4n) is 4.41. The number of hydrogen-bond acceptors (Lipinski definition) is 4. The van der Waals surface area contributed by atoms with Gasteiger partial charge in [-0.1, -0.05) is 49.6 Å². The lowest BCUT2D eigenvalue weighted by molar-refractivity contribution is -0.116. The molecule has 0 aliphatic heterocycles. The van der Waals surface area contributed by atoms with Crippen LogP contribution < -0.4 is 21.3 Å². The van der Waals surface area contributed by atoms with Crippen LogP contribution in [0, 0.1) is 0 Å². The second kappa shape index (κ2) is 13.3. The number of nitrogens with one attached hydrogen (secondary N) is 4. The Hall–Kier alpha value is -4.13. The molecule has 0 atom stereocenters. The fourth-order valence-corrected chi connectivity index (χ4v) is 4.41. The third-order valence-electron chi connectivity index (χ3n) is 6.48. The van der Waals surface area contributed by atoms with Gasteiger partial charge in [0.05, 0.1) is 6.54 Å². The maximum absolute atomic E-state index is 12.4. The lowest BCUT2D eigenvalue weighted by Crippen LogP contribution is -2.36. The molecule has 37 heavy (non-hydrogen) atoms. The van der Waals surface area contributed by atoms with Crippen LogP contribution in [0.3, 0.4) is 0 Å². The van der Waals surface area contributed by atoms with E-state index in [4.69, 9.17) is 0 Å². The molecule has 0 radical (unpaired) electrons. The third kappa shape index (κ3) is 8.49. The molecule has 3 aromatic carbocycles. The van der Waals surface area contributed by atoms with Gasteiger partial charge in [0, 0.05) is 35.1 Å². The zero-order chi connectivity index (χ0) is 25.9. The third-order valence-corrected chi connectivity index (χ3v) is 6.48. The van der Waals surface area contributed by atoms with E-state index >= 15 is 0 Å². The quantitative estimate of drug-likeness (QED) is 0.302. The van der Waals surface area contributed by atoms with Gasteiger partial charge in [0.2, 0.25) is 11.8 Å².